The summed E-state index contributed by atoms with van der Waals surface area (Å²) in [5.41, 5.74) is 0. The van der Waals surface area contributed by atoms with Crippen molar-refractivity contribution < 1.29 is 13.5 Å². The van der Waals surface area contributed by atoms with E-state index in [0.717, 1.165) is 0 Å². The van der Waals surface area contributed by atoms with E-state index in [9.17, 15) is 13.5 Å². The maximum absolute atomic E-state index is 12.0. The molecule has 18 heavy (non-hydrogen) atoms. The third-order valence-electron chi connectivity index (χ3n) is 2.31. The number of sulfonamides is 1. The van der Waals surface area contributed by atoms with E-state index in [-0.39, 0.29) is 22.6 Å². The second-order valence-electron chi connectivity index (χ2n) is 4.44. The monoisotopic (exact) mass is 292 g/mol. The lowest BCUT2D eigenvalue weighted by Gasteiger charge is -2.18. The zero-order chi connectivity index (χ0) is 13.8. The van der Waals surface area contributed by atoms with E-state index in [1.165, 1.54) is 18.3 Å². The molecule has 0 aliphatic rings. The smallest absolute Gasteiger partial charge is 0.241 e. The first-order valence-electron chi connectivity index (χ1n) is 5.60. The molecule has 0 aliphatic carbocycles. The predicted molar refractivity (Wildman–Crippen MR) is 69.9 cm³/mol. The fourth-order valence-electron chi connectivity index (χ4n) is 1.57. The highest BCUT2D eigenvalue weighted by Gasteiger charge is 2.20. The number of aliphatic hydroxyl groups is 1. The van der Waals surface area contributed by atoms with Gasteiger partial charge in [-0.05, 0) is 24.5 Å². The fourth-order valence-corrected chi connectivity index (χ4v) is 3.06. The van der Waals surface area contributed by atoms with Gasteiger partial charge in [0.25, 0.3) is 0 Å². The van der Waals surface area contributed by atoms with Gasteiger partial charge in [0, 0.05) is 12.2 Å². The molecule has 0 bridgehead atoms. The van der Waals surface area contributed by atoms with Crippen molar-refractivity contribution in [3.05, 3.63) is 23.5 Å². The lowest BCUT2D eigenvalue weighted by atomic mass is 10.1. The molecule has 0 radical (unpaired) electrons. The molecule has 1 heterocycles. The van der Waals surface area contributed by atoms with Crippen LogP contribution in [-0.2, 0) is 10.0 Å². The molecule has 1 rings (SSSR count). The number of hydrogen-bond acceptors (Lipinski definition) is 4. The highest BCUT2D eigenvalue weighted by molar-refractivity contribution is 7.89. The molecule has 0 aromatic carbocycles. The highest BCUT2D eigenvalue weighted by atomic mass is 35.5. The Morgan fingerprint density at radius 2 is 2.17 bits per heavy atom. The largest absolute Gasteiger partial charge is 0.395 e. The Balaban J connectivity index is 2.87. The van der Waals surface area contributed by atoms with Gasteiger partial charge in [-0.25, -0.2) is 18.1 Å². The summed E-state index contributed by atoms with van der Waals surface area (Å²) < 4.78 is 26.5. The summed E-state index contributed by atoms with van der Waals surface area (Å²) in [6.07, 6.45) is 1.89. The molecule has 0 amide bonds. The van der Waals surface area contributed by atoms with Crippen LogP contribution in [0.25, 0.3) is 0 Å². The summed E-state index contributed by atoms with van der Waals surface area (Å²) in [5.74, 6) is 0.283. The van der Waals surface area contributed by atoms with Gasteiger partial charge in [-0.15, -0.1) is 0 Å². The SMILES string of the molecule is CC(C)CC(CO)NS(=O)(=O)c1ccnc(Cl)c1. The van der Waals surface area contributed by atoms with Crippen molar-refractivity contribution in [2.45, 2.75) is 31.2 Å². The quantitative estimate of drug-likeness (QED) is 0.777. The van der Waals surface area contributed by atoms with E-state index in [1.54, 1.807) is 0 Å². The second-order valence-corrected chi connectivity index (χ2v) is 6.55. The normalized spacial score (nSPS) is 13.8. The first-order chi connectivity index (χ1) is 8.35. The molecule has 1 aromatic heterocycles. The van der Waals surface area contributed by atoms with Crippen LogP contribution >= 0.6 is 11.6 Å². The number of hydrogen-bond donors (Lipinski definition) is 2. The molecule has 0 aliphatic heterocycles. The fraction of sp³-hybridized carbons (Fsp3) is 0.545. The first-order valence-corrected chi connectivity index (χ1v) is 7.46. The summed E-state index contributed by atoms with van der Waals surface area (Å²) in [5, 5.41) is 9.29. The topological polar surface area (TPSA) is 79.3 Å². The van der Waals surface area contributed by atoms with Gasteiger partial charge in [0.05, 0.1) is 11.5 Å². The van der Waals surface area contributed by atoms with Crippen LogP contribution in [0.5, 0.6) is 0 Å². The number of nitrogens with zero attached hydrogens (tertiary/aromatic N) is 1. The van der Waals surface area contributed by atoms with Crippen LogP contribution in [0.4, 0.5) is 0 Å². The molecule has 2 N–H and O–H groups in total. The van der Waals surface area contributed by atoms with Crippen molar-refractivity contribution in [3.63, 3.8) is 0 Å². The molecule has 102 valence electrons. The van der Waals surface area contributed by atoms with Crippen molar-refractivity contribution >= 4 is 21.6 Å². The Bertz CT molecular complexity index is 491. The zero-order valence-corrected chi connectivity index (χ0v) is 11.9. The van der Waals surface area contributed by atoms with Gasteiger partial charge in [-0.2, -0.15) is 0 Å². The van der Waals surface area contributed by atoms with Crippen molar-refractivity contribution in [3.8, 4) is 0 Å². The van der Waals surface area contributed by atoms with Crippen molar-refractivity contribution in [1.29, 1.82) is 0 Å². The number of aromatic nitrogens is 1. The van der Waals surface area contributed by atoms with E-state index in [1.807, 2.05) is 13.8 Å². The number of nitrogens with one attached hydrogen (secondary N) is 1. The van der Waals surface area contributed by atoms with Crippen LogP contribution in [0, 0.1) is 5.92 Å². The molecular formula is C11H17ClN2O3S. The molecule has 1 aromatic rings. The highest BCUT2D eigenvalue weighted by Crippen LogP contribution is 2.14. The average molecular weight is 293 g/mol. The maximum atomic E-state index is 12.0. The van der Waals surface area contributed by atoms with Crippen LogP contribution in [0.15, 0.2) is 23.2 Å². The lowest BCUT2D eigenvalue weighted by Crippen LogP contribution is -2.38. The van der Waals surface area contributed by atoms with Crippen LogP contribution in [0.2, 0.25) is 5.15 Å². The molecule has 0 saturated carbocycles. The lowest BCUT2D eigenvalue weighted by molar-refractivity contribution is 0.240. The molecule has 7 heteroatoms. The van der Waals surface area contributed by atoms with Gasteiger partial charge in [0.2, 0.25) is 10.0 Å². The van der Waals surface area contributed by atoms with E-state index in [2.05, 4.69) is 9.71 Å². The Hall–Kier alpha value is -0.690. The summed E-state index contributed by atoms with van der Waals surface area (Å²) >= 11 is 5.65. The third kappa shape index (κ3) is 4.53. The Labute approximate surface area is 112 Å². The molecule has 1 atom stereocenters. The van der Waals surface area contributed by atoms with Crippen molar-refractivity contribution in [1.82, 2.24) is 9.71 Å². The summed E-state index contributed by atoms with van der Waals surface area (Å²) in [6, 6.07) is 2.13. The molecular weight excluding hydrogens is 276 g/mol. The minimum absolute atomic E-state index is 0.0460. The number of aliphatic hydroxyl groups excluding tert-OH is 1. The first kappa shape index (κ1) is 15.4. The van der Waals surface area contributed by atoms with Gasteiger partial charge in [-0.3, -0.25) is 0 Å². The van der Waals surface area contributed by atoms with E-state index in [0.29, 0.717) is 6.42 Å². The van der Waals surface area contributed by atoms with Crippen molar-refractivity contribution in [2.75, 3.05) is 6.61 Å². The van der Waals surface area contributed by atoms with Crippen LogP contribution < -0.4 is 4.72 Å². The van der Waals surface area contributed by atoms with Crippen LogP contribution in [0.3, 0.4) is 0 Å². The molecule has 0 fully saturated rings. The predicted octanol–water partition coefficient (Wildman–Crippen LogP) is 1.42. The van der Waals surface area contributed by atoms with E-state index in [4.69, 9.17) is 11.6 Å². The average Bonchev–Trinajstić information content (AvgIpc) is 2.27. The van der Waals surface area contributed by atoms with Gasteiger partial charge in [0.15, 0.2) is 0 Å². The van der Waals surface area contributed by atoms with E-state index >= 15 is 0 Å². The van der Waals surface area contributed by atoms with Gasteiger partial charge in [0.1, 0.15) is 5.15 Å². The van der Waals surface area contributed by atoms with Gasteiger partial charge >= 0.3 is 0 Å². The Morgan fingerprint density at radius 1 is 1.50 bits per heavy atom. The third-order valence-corrected chi connectivity index (χ3v) is 4.03. The van der Waals surface area contributed by atoms with Crippen LogP contribution in [0.1, 0.15) is 20.3 Å². The number of halogens is 1. The number of rotatable bonds is 6. The standard InChI is InChI=1S/C11H17ClN2O3S/c1-8(2)5-9(7-15)14-18(16,17)10-3-4-13-11(12)6-10/h3-4,6,8-9,14-15H,5,7H2,1-2H3. The summed E-state index contributed by atoms with van der Waals surface area (Å²) in [7, 11) is -3.67. The van der Waals surface area contributed by atoms with Gasteiger partial charge < -0.3 is 5.11 Å². The number of pyridine rings is 1. The van der Waals surface area contributed by atoms with Crippen molar-refractivity contribution in [2.24, 2.45) is 5.92 Å². The zero-order valence-electron chi connectivity index (χ0n) is 10.3. The van der Waals surface area contributed by atoms with Gasteiger partial charge in [-0.1, -0.05) is 25.4 Å². The molecule has 5 nitrogen and oxygen atoms in total. The summed E-state index contributed by atoms with van der Waals surface area (Å²) in [4.78, 5) is 3.77. The van der Waals surface area contributed by atoms with E-state index < -0.39 is 16.1 Å². The Kier molecular flexibility index (Phi) is 5.52. The second kappa shape index (κ2) is 6.47. The minimum Gasteiger partial charge on any atom is -0.395 e. The molecule has 0 saturated heterocycles. The van der Waals surface area contributed by atoms with Crippen LogP contribution in [-0.4, -0.2) is 31.2 Å². The maximum Gasteiger partial charge on any atom is 0.241 e. The molecule has 1 unspecified atom stereocenters. The summed E-state index contributed by atoms with van der Waals surface area (Å²) in [6.45, 7) is 3.68. The Morgan fingerprint density at radius 3 is 2.67 bits per heavy atom. The minimum atomic E-state index is -3.67. The molecule has 0 spiro atoms.